The number of carboxylic acids is 1. The van der Waals surface area contributed by atoms with Gasteiger partial charge in [-0.1, -0.05) is 0 Å². The molecule has 0 fully saturated rings. The van der Waals surface area contributed by atoms with E-state index in [2.05, 4.69) is 4.98 Å². The van der Waals surface area contributed by atoms with Crippen LogP contribution in [0.5, 0.6) is 5.88 Å². The van der Waals surface area contributed by atoms with Gasteiger partial charge < -0.3 is 14.7 Å². The van der Waals surface area contributed by atoms with Crippen LogP contribution in [0.3, 0.4) is 0 Å². The maximum absolute atomic E-state index is 12.7. The van der Waals surface area contributed by atoms with Crippen molar-refractivity contribution in [3.63, 3.8) is 0 Å². The average Bonchev–Trinajstić information content (AvgIpc) is 3.09. The number of nitrogens with zero attached hydrogens (tertiary/aromatic N) is 2. The molecule has 114 valence electrons. The molecule has 1 amide bonds. The number of carbonyl (C=O) groups excluding carboxylic acids is 1. The first-order valence-electron chi connectivity index (χ1n) is 6.69. The second-order valence-electron chi connectivity index (χ2n) is 4.95. The zero-order valence-corrected chi connectivity index (χ0v) is 12.9. The second kappa shape index (κ2) is 5.42. The van der Waals surface area contributed by atoms with Crippen molar-refractivity contribution in [2.24, 2.45) is 0 Å². The number of aromatic nitrogens is 1. The van der Waals surface area contributed by atoms with E-state index in [4.69, 9.17) is 9.84 Å². The lowest BCUT2D eigenvalue weighted by Gasteiger charge is -2.16. The Bertz CT molecular complexity index is 769. The Kier molecular flexibility index (Phi) is 3.58. The number of amides is 1. The Labute approximate surface area is 131 Å². The summed E-state index contributed by atoms with van der Waals surface area (Å²) in [5.41, 5.74) is 2.20. The molecule has 0 radical (unpaired) electrons. The summed E-state index contributed by atoms with van der Waals surface area (Å²) in [7, 11) is 1.55. The van der Waals surface area contributed by atoms with Crippen molar-refractivity contribution >= 4 is 28.9 Å². The van der Waals surface area contributed by atoms with E-state index in [0.29, 0.717) is 22.9 Å². The highest BCUT2D eigenvalue weighted by Crippen LogP contribution is 2.32. The van der Waals surface area contributed by atoms with Gasteiger partial charge in [0, 0.05) is 17.5 Å². The molecular formula is C15H14N2O4S. The van der Waals surface area contributed by atoms with E-state index < -0.39 is 5.97 Å². The molecule has 0 saturated carbocycles. The summed E-state index contributed by atoms with van der Waals surface area (Å²) >= 11 is 1.11. The molecule has 0 atom stereocenters. The number of pyridine rings is 1. The van der Waals surface area contributed by atoms with Gasteiger partial charge in [-0.2, -0.15) is 0 Å². The fraction of sp³-hybridized carbons (Fsp3) is 0.267. The molecule has 1 aliphatic heterocycles. The van der Waals surface area contributed by atoms with Crippen LogP contribution in [0.1, 0.15) is 30.5 Å². The first kappa shape index (κ1) is 14.5. The Hall–Kier alpha value is -2.41. The standard InChI is InChI=1S/C15H14N2O4S/c1-8-10(6-12(22-8)15(19)20)14(18)17-4-3-9-5-13(21-2)16-7-11(9)17/h5-7H,3-4H2,1-2H3,(H,19,20). The van der Waals surface area contributed by atoms with Crippen LogP contribution in [0.25, 0.3) is 0 Å². The lowest BCUT2D eigenvalue weighted by molar-refractivity contribution is 0.0702. The molecule has 0 aromatic carbocycles. The Balaban J connectivity index is 1.94. The summed E-state index contributed by atoms with van der Waals surface area (Å²) in [5.74, 6) is -0.680. The smallest absolute Gasteiger partial charge is 0.345 e. The number of carboxylic acid groups (broad SMARTS) is 1. The molecule has 22 heavy (non-hydrogen) atoms. The summed E-state index contributed by atoms with van der Waals surface area (Å²) in [4.78, 5) is 30.4. The molecule has 7 heteroatoms. The van der Waals surface area contributed by atoms with Crippen LogP contribution in [-0.4, -0.2) is 35.6 Å². The van der Waals surface area contributed by atoms with Crippen molar-refractivity contribution in [2.45, 2.75) is 13.3 Å². The first-order chi connectivity index (χ1) is 10.5. The van der Waals surface area contributed by atoms with E-state index in [1.807, 2.05) is 6.07 Å². The molecule has 0 saturated heterocycles. The summed E-state index contributed by atoms with van der Waals surface area (Å²) in [6, 6.07) is 3.27. The predicted octanol–water partition coefficient (Wildman–Crippen LogP) is 2.36. The minimum atomic E-state index is -1.01. The number of thiophene rings is 1. The summed E-state index contributed by atoms with van der Waals surface area (Å²) < 4.78 is 5.09. The number of anilines is 1. The predicted molar refractivity (Wildman–Crippen MR) is 82.2 cm³/mol. The van der Waals surface area contributed by atoms with Gasteiger partial charge in [0.15, 0.2) is 0 Å². The Morgan fingerprint density at radius 3 is 2.82 bits per heavy atom. The van der Waals surface area contributed by atoms with Gasteiger partial charge in [0.1, 0.15) is 4.88 Å². The van der Waals surface area contributed by atoms with Gasteiger partial charge in [0.05, 0.1) is 24.6 Å². The van der Waals surface area contributed by atoms with Crippen molar-refractivity contribution in [3.8, 4) is 5.88 Å². The van der Waals surface area contributed by atoms with Gasteiger partial charge in [-0.15, -0.1) is 11.3 Å². The van der Waals surface area contributed by atoms with Crippen molar-refractivity contribution < 1.29 is 19.4 Å². The highest BCUT2D eigenvalue weighted by molar-refractivity contribution is 7.14. The molecule has 0 aliphatic carbocycles. The number of aryl methyl sites for hydroxylation is 1. The van der Waals surface area contributed by atoms with Crippen LogP contribution in [0.15, 0.2) is 18.3 Å². The van der Waals surface area contributed by atoms with Crippen LogP contribution in [0.4, 0.5) is 5.69 Å². The molecule has 1 aliphatic rings. The quantitative estimate of drug-likeness (QED) is 0.940. The first-order valence-corrected chi connectivity index (χ1v) is 7.51. The van der Waals surface area contributed by atoms with E-state index in [1.165, 1.54) is 6.07 Å². The second-order valence-corrected chi connectivity index (χ2v) is 6.20. The number of aromatic carboxylic acids is 1. The Morgan fingerprint density at radius 2 is 2.18 bits per heavy atom. The average molecular weight is 318 g/mol. The van der Waals surface area contributed by atoms with Gasteiger partial charge in [0.25, 0.3) is 5.91 Å². The van der Waals surface area contributed by atoms with Crippen LogP contribution in [-0.2, 0) is 6.42 Å². The van der Waals surface area contributed by atoms with Crippen LogP contribution < -0.4 is 9.64 Å². The van der Waals surface area contributed by atoms with Gasteiger partial charge in [-0.05, 0) is 25.0 Å². The van der Waals surface area contributed by atoms with Crippen LogP contribution in [0.2, 0.25) is 0 Å². The van der Waals surface area contributed by atoms with Gasteiger partial charge in [0.2, 0.25) is 5.88 Å². The number of ether oxygens (including phenoxy) is 1. The van der Waals surface area contributed by atoms with E-state index in [1.54, 1.807) is 25.1 Å². The molecule has 1 N–H and O–H groups in total. The van der Waals surface area contributed by atoms with Crippen LogP contribution >= 0.6 is 11.3 Å². The lowest BCUT2D eigenvalue weighted by atomic mass is 10.2. The van der Waals surface area contributed by atoms with Crippen LogP contribution in [0, 0.1) is 6.92 Å². The largest absolute Gasteiger partial charge is 0.481 e. The third-order valence-corrected chi connectivity index (χ3v) is 4.69. The molecule has 0 bridgehead atoms. The number of methoxy groups -OCH3 is 1. The van der Waals surface area contributed by atoms with E-state index in [0.717, 1.165) is 29.0 Å². The number of hydrogen-bond acceptors (Lipinski definition) is 5. The topological polar surface area (TPSA) is 79.7 Å². The highest BCUT2D eigenvalue weighted by atomic mass is 32.1. The lowest BCUT2D eigenvalue weighted by Crippen LogP contribution is -2.29. The van der Waals surface area contributed by atoms with Crippen molar-refractivity contribution in [3.05, 3.63) is 39.2 Å². The zero-order chi connectivity index (χ0) is 15.9. The molecule has 6 nitrogen and oxygen atoms in total. The Morgan fingerprint density at radius 1 is 1.41 bits per heavy atom. The molecule has 0 spiro atoms. The third kappa shape index (κ3) is 2.33. The fourth-order valence-electron chi connectivity index (χ4n) is 2.53. The number of rotatable bonds is 3. The number of fused-ring (bicyclic) bond motifs is 1. The number of carbonyl (C=O) groups is 2. The minimum absolute atomic E-state index is 0.174. The normalized spacial score (nSPS) is 13.1. The molecule has 3 rings (SSSR count). The minimum Gasteiger partial charge on any atom is -0.481 e. The van der Waals surface area contributed by atoms with E-state index >= 15 is 0 Å². The third-order valence-electron chi connectivity index (χ3n) is 3.65. The summed E-state index contributed by atoms with van der Waals surface area (Å²) in [6.07, 6.45) is 2.35. The van der Waals surface area contributed by atoms with Gasteiger partial charge in [-0.25, -0.2) is 9.78 Å². The molecule has 2 aromatic rings. The van der Waals surface area contributed by atoms with Gasteiger partial charge in [-0.3, -0.25) is 4.79 Å². The SMILES string of the molecule is COc1cc2c(cn1)N(C(=O)c1cc(C(=O)O)sc1C)CC2. The maximum Gasteiger partial charge on any atom is 0.345 e. The van der Waals surface area contributed by atoms with Crippen molar-refractivity contribution in [1.29, 1.82) is 0 Å². The van der Waals surface area contributed by atoms with Gasteiger partial charge >= 0.3 is 5.97 Å². The monoisotopic (exact) mass is 318 g/mol. The fourth-order valence-corrected chi connectivity index (χ4v) is 3.38. The maximum atomic E-state index is 12.7. The summed E-state index contributed by atoms with van der Waals surface area (Å²) in [6.45, 7) is 2.31. The summed E-state index contributed by atoms with van der Waals surface area (Å²) in [5, 5.41) is 9.05. The molecule has 0 unspecified atom stereocenters. The highest BCUT2D eigenvalue weighted by Gasteiger charge is 2.28. The van der Waals surface area contributed by atoms with E-state index in [-0.39, 0.29) is 10.8 Å². The van der Waals surface area contributed by atoms with Crippen molar-refractivity contribution in [1.82, 2.24) is 4.98 Å². The molecule has 2 aromatic heterocycles. The van der Waals surface area contributed by atoms with E-state index in [9.17, 15) is 9.59 Å². The number of hydrogen-bond donors (Lipinski definition) is 1. The molecular weight excluding hydrogens is 304 g/mol. The molecule has 3 heterocycles. The van der Waals surface area contributed by atoms with Crippen molar-refractivity contribution in [2.75, 3.05) is 18.6 Å². The zero-order valence-electron chi connectivity index (χ0n) is 12.1.